The zero-order valence-corrected chi connectivity index (χ0v) is 16.1. The first-order valence-electron chi connectivity index (χ1n) is 9.75. The third-order valence-electron chi connectivity index (χ3n) is 5.29. The van der Waals surface area contributed by atoms with E-state index in [2.05, 4.69) is 28.6 Å². The van der Waals surface area contributed by atoms with Crippen LogP contribution in [0.2, 0.25) is 0 Å². The molecule has 144 valence electrons. The van der Waals surface area contributed by atoms with E-state index in [1.807, 2.05) is 11.5 Å². The van der Waals surface area contributed by atoms with E-state index in [0.29, 0.717) is 30.8 Å². The molecule has 3 rings (SSSR count). The lowest BCUT2D eigenvalue weighted by Gasteiger charge is -2.33. The van der Waals surface area contributed by atoms with Crippen LogP contribution in [0.4, 0.5) is 0 Å². The predicted octanol–water partition coefficient (Wildman–Crippen LogP) is 0.844. The van der Waals surface area contributed by atoms with Crippen LogP contribution in [-0.4, -0.2) is 61.6 Å². The summed E-state index contributed by atoms with van der Waals surface area (Å²) >= 11 is 0. The summed E-state index contributed by atoms with van der Waals surface area (Å²) < 4.78 is 3.58. The lowest BCUT2D eigenvalue weighted by molar-refractivity contribution is 0.128. The third-order valence-corrected chi connectivity index (χ3v) is 5.29. The van der Waals surface area contributed by atoms with Gasteiger partial charge in [-0.1, -0.05) is 20.3 Å². The van der Waals surface area contributed by atoms with Crippen LogP contribution in [0, 0.1) is 0 Å². The summed E-state index contributed by atoms with van der Waals surface area (Å²) in [4.78, 5) is 36.7. The van der Waals surface area contributed by atoms with Crippen molar-refractivity contribution in [2.75, 3.05) is 32.7 Å². The number of unbranched alkanes of at least 4 members (excludes halogenated alkanes) is 1. The Hall–Kier alpha value is -1.93. The van der Waals surface area contributed by atoms with Crippen molar-refractivity contribution in [3.05, 3.63) is 26.7 Å². The standard InChI is InChI=1S/C18H30N6O2/c1-4-7-8-24-16-15(17(25)20-18(24)26)23(6-3)14(19-16)13-22-11-9-21(5-2)10-12-22/h4-13H2,1-3H3,(H,20,25,26). The third kappa shape index (κ3) is 3.61. The van der Waals surface area contributed by atoms with E-state index in [-0.39, 0.29) is 11.2 Å². The van der Waals surface area contributed by atoms with Gasteiger partial charge in [0.25, 0.3) is 5.56 Å². The number of hydrogen-bond acceptors (Lipinski definition) is 5. The minimum Gasteiger partial charge on any atom is -0.321 e. The van der Waals surface area contributed by atoms with E-state index in [9.17, 15) is 9.59 Å². The Bertz CT molecular complexity index is 857. The number of piperazine rings is 1. The highest BCUT2D eigenvalue weighted by molar-refractivity contribution is 5.70. The van der Waals surface area contributed by atoms with E-state index < -0.39 is 0 Å². The molecule has 0 bridgehead atoms. The highest BCUT2D eigenvalue weighted by Crippen LogP contribution is 2.15. The van der Waals surface area contributed by atoms with E-state index in [1.165, 1.54) is 0 Å². The Balaban J connectivity index is 1.97. The maximum absolute atomic E-state index is 12.4. The molecule has 0 radical (unpaired) electrons. The molecule has 0 aliphatic carbocycles. The molecule has 1 saturated heterocycles. The number of aromatic nitrogens is 4. The molecule has 2 aromatic heterocycles. The lowest BCUT2D eigenvalue weighted by atomic mass is 10.3. The molecule has 0 atom stereocenters. The minimum atomic E-state index is -0.361. The van der Waals surface area contributed by atoms with E-state index in [1.54, 1.807) is 4.57 Å². The summed E-state index contributed by atoms with van der Waals surface area (Å²) in [7, 11) is 0. The van der Waals surface area contributed by atoms with Gasteiger partial charge in [-0.2, -0.15) is 0 Å². The number of imidazole rings is 1. The van der Waals surface area contributed by atoms with Gasteiger partial charge in [0.15, 0.2) is 11.2 Å². The summed E-state index contributed by atoms with van der Waals surface area (Å²) in [6, 6.07) is 0. The van der Waals surface area contributed by atoms with E-state index in [0.717, 1.165) is 51.4 Å². The van der Waals surface area contributed by atoms with Gasteiger partial charge in [-0.3, -0.25) is 19.2 Å². The first-order valence-corrected chi connectivity index (χ1v) is 9.75. The molecule has 0 amide bonds. The zero-order chi connectivity index (χ0) is 18.7. The Morgan fingerprint density at radius 1 is 0.962 bits per heavy atom. The number of nitrogens with zero attached hydrogens (tertiary/aromatic N) is 5. The van der Waals surface area contributed by atoms with Crippen LogP contribution in [0.3, 0.4) is 0 Å². The molecular formula is C18H30N6O2. The smallest absolute Gasteiger partial charge is 0.321 e. The molecule has 1 aliphatic rings. The molecular weight excluding hydrogens is 332 g/mol. The van der Waals surface area contributed by atoms with Crippen LogP contribution in [0.15, 0.2) is 9.59 Å². The SMILES string of the molecule is CCCCn1c(=O)[nH]c(=O)c2c1nc(CN1CCN(CC)CC1)n2CC. The van der Waals surface area contributed by atoms with Crippen LogP contribution in [0.25, 0.3) is 11.2 Å². The fourth-order valence-corrected chi connectivity index (χ4v) is 3.67. The van der Waals surface area contributed by atoms with Gasteiger partial charge in [-0.15, -0.1) is 0 Å². The van der Waals surface area contributed by atoms with Gasteiger partial charge in [-0.05, 0) is 19.9 Å². The first kappa shape index (κ1) is 18.8. The Labute approximate surface area is 153 Å². The fourth-order valence-electron chi connectivity index (χ4n) is 3.67. The minimum absolute atomic E-state index is 0.339. The average Bonchev–Trinajstić information content (AvgIpc) is 3.00. The predicted molar refractivity (Wildman–Crippen MR) is 103 cm³/mol. The van der Waals surface area contributed by atoms with Gasteiger partial charge >= 0.3 is 5.69 Å². The zero-order valence-electron chi connectivity index (χ0n) is 16.1. The van der Waals surface area contributed by atoms with Gasteiger partial charge in [-0.25, -0.2) is 9.78 Å². The summed E-state index contributed by atoms with van der Waals surface area (Å²) in [6.45, 7) is 13.4. The highest BCUT2D eigenvalue weighted by atomic mass is 16.2. The second-order valence-corrected chi connectivity index (χ2v) is 6.92. The number of aryl methyl sites for hydroxylation is 2. The number of nitrogens with one attached hydrogen (secondary N) is 1. The Morgan fingerprint density at radius 2 is 1.65 bits per heavy atom. The van der Waals surface area contributed by atoms with Crippen molar-refractivity contribution in [2.24, 2.45) is 0 Å². The van der Waals surface area contributed by atoms with Crippen molar-refractivity contribution in [2.45, 2.75) is 53.2 Å². The lowest BCUT2D eigenvalue weighted by Crippen LogP contribution is -2.45. The maximum atomic E-state index is 12.4. The van der Waals surface area contributed by atoms with Gasteiger partial charge in [0.05, 0.1) is 6.54 Å². The second-order valence-electron chi connectivity index (χ2n) is 6.92. The number of aromatic amines is 1. The molecule has 0 aromatic carbocycles. The van der Waals surface area contributed by atoms with E-state index in [4.69, 9.17) is 4.98 Å². The largest absolute Gasteiger partial charge is 0.330 e. The van der Waals surface area contributed by atoms with Crippen molar-refractivity contribution < 1.29 is 0 Å². The topological polar surface area (TPSA) is 79.2 Å². The number of H-pyrrole nitrogens is 1. The molecule has 3 heterocycles. The molecule has 0 spiro atoms. The number of hydrogen-bond donors (Lipinski definition) is 1. The normalized spacial score (nSPS) is 16.6. The van der Waals surface area contributed by atoms with Crippen LogP contribution >= 0.6 is 0 Å². The first-order chi connectivity index (χ1) is 12.6. The van der Waals surface area contributed by atoms with Gasteiger partial charge in [0.1, 0.15) is 5.82 Å². The van der Waals surface area contributed by atoms with Gasteiger partial charge < -0.3 is 9.47 Å². The van der Waals surface area contributed by atoms with Crippen LogP contribution in [0.1, 0.15) is 39.4 Å². The summed E-state index contributed by atoms with van der Waals surface area (Å²) in [6.07, 6.45) is 1.87. The summed E-state index contributed by atoms with van der Waals surface area (Å²) in [5.41, 5.74) is 0.343. The molecule has 0 saturated carbocycles. The van der Waals surface area contributed by atoms with Crippen molar-refractivity contribution in [1.29, 1.82) is 0 Å². The number of rotatable bonds is 7. The monoisotopic (exact) mass is 362 g/mol. The van der Waals surface area contributed by atoms with E-state index >= 15 is 0 Å². The number of likely N-dealkylation sites (N-methyl/N-ethyl adjacent to an activating group) is 1. The molecule has 8 nitrogen and oxygen atoms in total. The van der Waals surface area contributed by atoms with Crippen LogP contribution < -0.4 is 11.2 Å². The molecule has 8 heteroatoms. The molecule has 1 N–H and O–H groups in total. The maximum Gasteiger partial charge on any atom is 0.330 e. The Kier molecular flexibility index (Phi) is 5.93. The van der Waals surface area contributed by atoms with Crippen LogP contribution in [0.5, 0.6) is 0 Å². The van der Waals surface area contributed by atoms with Crippen molar-refractivity contribution in [3.63, 3.8) is 0 Å². The summed E-state index contributed by atoms with van der Waals surface area (Å²) in [5.74, 6) is 0.869. The Morgan fingerprint density at radius 3 is 2.27 bits per heavy atom. The molecule has 26 heavy (non-hydrogen) atoms. The second kappa shape index (κ2) is 8.18. The van der Waals surface area contributed by atoms with Crippen molar-refractivity contribution >= 4 is 11.2 Å². The molecule has 1 fully saturated rings. The quantitative estimate of drug-likeness (QED) is 0.790. The average molecular weight is 362 g/mol. The van der Waals surface area contributed by atoms with Crippen LogP contribution in [-0.2, 0) is 19.6 Å². The highest BCUT2D eigenvalue weighted by Gasteiger charge is 2.21. The molecule has 2 aromatic rings. The summed E-state index contributed by atoms with van der Waals surface area (Å²) in [5, 5.41) is 0. The van der Waals surface area contributed by atoms with Crippen molar-refractivity contribution in [1.82, 2.24) is 28.9 Å². The fraction of sp³-hybridized carbons (Fsp3) is 0.722. The molecule has 0 unspecified atom stereocenters. The van der Waals surface area contributed by atoms with Gasteiger partial charge in [0.2, 0.25) is 0 Å². The van der Waals surface area contributed by atoms with Crippen molar-refractivity contribution in [3.8, 4) is 0 Å². The molecule has 1 aliphatic heterocycles. The van der Waals surface area contributed by atoms with Gasteiger partial charge in [0, 0.05) is 39.3 Å². The number of fused-ring (bicyclic) bond motifs is 1.